The fourth-order valence-corrected chi connectivity index (χ4v) is 4.36. The molecule has 2 rings (SSSR count). The molecule has 10 heteroatoms. The second-order valence-corrected chi connectivity index (χ2v) is 11.0. The van der Waals surface area contributed by atoms with Crippen LogP contribution >= 0.6 is 0 Å². The molecule has 1 heterocycles. The maximum absolute atomic E-state index is 13.3. The van der Waals surface area contributed by atoms with Crippen LogP contribution in [0.1, 0.15) is 90.1 Å². The van der Waals surface area contributed by atoms with Crippen LogP contribution in [0.15, 0.2) is 24.3 Å². The lowest BCUT2D eigenvalue weighted by Crippen LogP contribution is -2.61. The normalized spacial score (nSPS) is 19.4. The molecule has 0 aliphatic carbocycles. The average molecular weight is 564 g/mol. The molecular weight excluding hydrogens is 518 g/mol. The Labute approximate surface area is 237 Å². The number of benzene rings is 1. The van der Waals surface area contributed by atoms with Gasteiger partial charge in [-0.25, -0.2) is 14.4 Å². The SMILES string of the molecule is CCOC(=O)C1(C)OCC(CCCCC(NC(=O)c2ccc(C(C)(C)C)cc2)(C(=O)OCC)C(=O)OCC)CO1. The Bertz CT molecular complexity index is 987. The molecule has 0 bridgehead atoms. The van der Waals surface area contributed by atoms with E-state index in [4.69, 9.17) is 23.7 Å². The fraction of sp³-hybridized carbons (Fsp3) is 0.667. The van der Waals surface area contributed by atoms with E-state index >= 15 is 0 Å². The lowest BCUT2D eigenvalue weighted by Gasteiger charge is -2.35. The number of nitrogens with one attached hydrogen (secondary N) is 1. The Morgan fingerprint density at radius 3 is 1.88 bits per heavy atom. The van der Waals surface area contributed by atoms with Crippen LogP contribution in [0.5, 0.6) is 0 Å². The number of unbranched alkanes of at least 4 members (excludes halogenated alkanes) is 1. The molecule has 1 N–H and O–H groups in total. The van der Waals surface area contributed by atoms with Crippen LogP contribution in [0.3, 0.4) is 0 Å². The molecule has 0 unspecified atom stereocenters. The van der Waals surface area contributed by atoms with Gasteiger partial charge in [-0.05, 0) is 63.1 Å². The predicted molar refractivity (Wildman–Crippen MR) is 148 cm³/mol. The van der Waals surface area contributed by atoms with Crippen molar-refractivity contribution in [1.82, 2.24) is 5.32 Å². The number of carbonyl (C=O) groups excluding carboxylic acids is 4. The van der Waals surface area contributed by atoms with Gasteiger partial charge in [0, 0.05) is 18.4 Å². The summed E-state index contributed by atoms with van der Waals surface area (Å²) in [6, 6.07) is 7.05. The van der Waals surface area contributed by atoms with Crippen LogP contribution in [0.25, 0.3) is 0 Å². The van der Waals surface area contributed by atoms with Gasteiger partial charge in [0.05, 0.1) is 33.0 Å². The van der Waals surface area contributed by atoms with E-state index in [-0.39, 0.29) is 37.6 Å². The van der Waals surface area contributed by atoms with E-state index in [9.17, 15) is 19.2 Å². The van der Waals surface area contributed by atoms with Crippen LogP contribution < -0.4 is 5.32 Å². The Hall–Kier alpha value is -2.98. The van der Waals surface area contributed by atoms with Gasteiger partial charge in [0.2, 0.25) is 5.54 Å². The molecule has 1 saturated heterocycles. The largest absolute Gasteiger partial charge is 0.464 e. The molecule has 0 radical (unpaired) electrons. The van der Waals surface area contributed by atoms with Crippen LogP contribution in [-0.2, 0) is 43.5 Å². The Kier molecular flexibility index (Phi) is 12.1. The first kappa shape index (κ1) is 33.2. The second kappa shape index (κ2) is 14.6. The van der Waals surface area contributed by atoms with E-state index in [1.807, 2.05) is 12.1 Å². The average Bonchev–Trinajstić information content (AvgIpc) is 2.91. The van der Waals surface area contributed by atoms with Gasteiger partial charge in [-0.3, -0.25) is 4.79 Å². The first-order chi connectivity index (χ1) is 18.8. The smallest absolute Gasteiger partial charge is 0.366 e. The maximum Gasteiger partial charge on any atom is 0.366 e. The minimum Gasteiger partial charge on any atom is -0.464 e. The van der Waals surface area contributed by atoms with Gasteiger partial charge >= 0.3 is 17.9 Å². The predicted octanol–water partition coefficient (Wildman–Crippen LogP) is 4.08. The third-order valence-electron chi connectivity index (χ3n) is 6.84. The molecule has 0 atom stereocenters. The molecule has 40 heavy (non-hydrogen) atoms. The number of amides is 1. The van der Waals surface area contributed by atoms with Crippen molar-refractivity contribution in [1.29, 1.82) is 0 Å². The number of ether oxygens (including phenoxy) is 5. The van der Waals surface area contributed by atoms with Crippen LogP contribution in [0, 0.1) is 5.92 Å². The third-order valence-corrected chi connectivity index (χ3v) is 6.84. The van der Waals surface area contributed by atoms with E-state index in [2.05, 4.69) is 26.1 Å². The number of rotatable bonds is 13. The van der Waals surface area contributed by atoms with E-state index in [0.717, 1.165) is 5.56 Å². The van der Waals surface area contributed by atoms with Gasteiger partial charge in [-0.15, -0.1) is 0 Å². The monoisotopic (exact) mass is 563 g/mol. The summed E-state index contributed by atoms with van der Waals surface area (Å²) in [5.41, 5.74) is -0.731. The van der Waals surface area contributed by atoms with E-state index in [1.165, 1.54) is 6.92 Å². The lowest BCUT2D eigenvalue weighted by atomic mass is 9.86. The van der Waals surface area contributed by atoms with E-state index in [1.54, 1.807) is 32.9 Å². The standard InChI is InChI=1S/C30H45NO9/c1-8-36-25(33)29(7)39-19-21(20-40-29)13-11-12-18-30(26(34)37-9-2,27(35)38-10-3)31-24(32)22-14-16-23(17-15-22)28(4,5)6/h14-17,21H,8-13,18-20H2,1-7H3,(H,31,32). The molecule has 0 saturated carbocycles. The quantitative estimate of drug-likeness (QED) is 0.163. The molecule has 0 spiro atoms. The summed E-state index contributed by atoms with van der Waals surface area (Å²) < 4.78 is 26.8. The first-order valence-corrected chi connectivity index (χ1v) is 14.1. The van der Waals surface area contributed by atoms with Gasteiger partial charge in [-0.1, -0.05) is 39.3 Å². The van der Waals surface area contributed by atoms with Crippen LogP contribution in [-0.4, -0.2) is 68.2 Å². The van der Waals surface area contributed by atoms with Crippen molar-refractivity contribution in [3.63, 3.8) is 0 Å². The van der Waals surface area contributed by atoms with Crippen molar-refractivity contribution in [3.8, 4) is 0 Å². The minimum atomic E-state index is -1.99. The number of hydrogen-bond donors (Lipinski definition) is 1. The highest BCUT2D eigenvalue weighted by Crippen LogP contribution is 2.28. The van der Waals surface area contributed by atoms with Crippen molar-refractivity contribution < 1.29 is 42.9 Å². The Morgan fingerprint density at radius 1 is 0.875 bits per heavy atom. The minimum absolute atomic E-state index is 0.00848. The van der Waals surface area contributed by atoms with Gasteiger partial charge in [0.15, 0.2) is 0 Å². The van der Waals surface area contributed by atoms with Gasteiger partial charge in [0.25, 0.3) is 11.7 Å². The summed E-state index contributed by atoms with van der Waals surface area (Å²) in [6.07, 6.45) is 1.66. The van der Waals surface area contributed by atoms with Gasteiger partial charge in [0.1, 0.15) is 0 Å². The molecular formula is C30H45NO9. The highest BCUT2D eigenvalue weighted by Gasteiger charge is 2.50. The van der Waals surface area contributed by atoms with Crippen molar-refractivity contribution in [2.45, 2.75) is 90.9 Å². The zero-order valence-electron chi connectivity index (χ0n) is 24.9. The highest BCUT2D eigenvalue weighted by molar-refractivity contribution is 6.10. The second-order valence-electron chi connectivity index (χ2n) is 11.0. The molecule has 1 aliphatic heterocycles. The zero-order chi connectivity index (χ0) is 30.0. The summed E-state index contributed by atoms with van der Waals surface area (Å²) in [5, 5.41) is 2.66. The molecule has 1 aromatic rings. The summed E-state index contributed by atoms with van der Waals surface area (Å²) in [5.74, 6) is -4.27. The molecule has 1 fully saturated rings. The molecule has 0 aromatic heterocycles. The molecule has 10 nitrogen and oxygen atoms in total. The Balaban J connectivity index is 2.13. The molecule has 1 amide bonds. The van der Waals surface area contributed by atoms with Crippen molar-refractivity contribution in [2.75, 3.05) is 33.0 Å². The summed E-state index contributed by atoms with van der Waals surface area (Å²) in [7, 11) is 0. The van der Waals surface area contributed by atoms with E-state index in [0.29, 0.717) is 38.0 Å². The molecule has 224 valence electrons. The van der Waals surface area contributed by atoms with Crippen molar-refractivity contribution in [2.24, 2.45) is 5.92 Å². The zero-order valence-corrected chi connectivity index (χ0v) is 24.9. The maximum atomic E-state index is 13.3. The summed E-state index contributed by atoms with van der Waals surface area (Å²) in [6.45, 7) is 13.6. The van der Waals surface area contributed by atoms with Crippen LogP contribution in [0.4, 0.5) is 0 Å². The van der Waals surface area contributed by atoms with Gasteiger partial charge in [-0.2, -0.15) is 0 Å². The number of hydrogen-bond acceptors (Lipinski definition) is 9. The summed E-state index contributed by atoms with van der Waals surface area (Å²) in [4.78, 5) is 51.8. The van der Waals surface area contributed by atoms with Crippen molar-refractivity contribution in [3.05, 3.63) is 35.4 Å². The number of esters is 3. The first-order valence-electron chi connectivity index (χ1n) is 14.1. The fourth-order valence-electron chi connectivity index (χ4n) is 4.36. The van der Waals surface area contributed by atoms with Crippen LogP contribution in [0.2, 0.25) is 0 Å². The highest BCUT2D eigenvalue weighted by atomic mass is 16.7. The number of carbonyl (C=O) groups is 4. The van der Waals surface area contributed by atoms with E-state index < -0.39 is 35.1 Å². The van der Waals surface area contributed by atoms with Crippen molar-refractivity contribution >= 4 is 23.8 Å². The Morgan fingerprint density at radius 2 is 1.40 bits per heavy atom. The molecule has 1 aromatic carbocycles. The molecule has 1 aliphatic rings. The topological polar surface area (TPSA) is 126 Å². The summed E-state index contributed by atoms with van der Waals surface area (Å²) >= 11 is 0. The van der Waals surface area contributed by atoms with Gasteiger partial charge < -0.3 is 29.0 Å². The lowest BCUT2D eigenvalue weighted by molar-refractivity contribution is -0.274. The third kappa shape index (κ3) is 8.51.